The highest BCUT2D eigenvalue weighted by Crippen LogP contribution is 1.91. The van der Waals surface area contributed by atoms with Crippen molar-refractivity contribution in [2.24, 2.45) is 0 Å². The van der Waals surface area contributed by atoms with E-state index in [1.165, 1.54) is 6.42 Å². The van der Waals surface area contributed by atoms with Gasteiger partial charge in [-0.15, -0.1) is 0 Å². The molecule has 0 saturated heterocycles. The molecule has 0 spiro atoms. The molecule has 0 aliphatic carbocycles. The van der Waals surface area contributed by atoms with Crippen molar-refractivity contribution < 1.29 is 0 Å². The highest BCUT2D eigenvalue weighted by atomic mass is 32.1. The summed E-state index contributed by atoms with van der Waals surface area (Å²) in [5.74, 6) is 0. The van der Waals surface area contributed by atoms with Crippen LogP contribution in [0, 0.1) is 0 Å². The second kappa shape index (κ2) is 31.0. The van der Waals surface area contributed by atoms with Crippen LogP contribution in [0.3, 0.4) is 0 Å². The summed E-state index contributed by atoms with van der Waals surface area (Å²) in [6.45, 7) is 12.2. The zero-order chi connectivity index (χ0) is 10.2. The van der Waals surface area contributed by atoms with E-state index in [0.29, 0.717) is 0 Å². The molecule has 12 heavy (non-hydrogen) atoms. The van der Waals surface area contributed by atoms with Gasteiger partial charge in [-0.25, -0.2) is 0 Å². The second-order valence-electron chi connectivity index (χ2n) is 1.50. The van der Waals surface area contributed by atoms with Crippen LogP contribution in [0.1, 0.15) is 48.0 Å². The van der Waals surface area contributed by atoms with Crippen LogP contribution in [0.25, 0.3) is 0 Å². The van der Waals surface area contributed by atoms with E-state index in [4.69, 9.17) is 0 Å². The summed E-state index contributed by atoms with van der Waals surface area (Å²) in [5, 5.41) is 4.08. The second-order valence-corrected chi connectivity index (χ2v) is 2.32. The molecule has 1 aromatic heterocycles. The molecule has 0 aromatic carbocycles. The molecule has 1 heteroatoms. The van der Waals surface area contributed by atoms with Gasteiger partial charge in [0.05, 0.1) is 0 Å². The van der Waals surface area contributed by atoms with Crippen molar-refractivity contribution in [3.63, 3.8) is 0 Å². The van der Waals surface area contributed by atoms with Crippen molar-refractivity contribution >= 4 is 11.3 Å². The van der Waals surface area contributed by atoms with Gasteiger partial charge in [-0.1, -0.05) is 60.1 Å². The lowest BCUT2D eigenvalue weighted by Gasteiger charge is -1.48. The lowest BCUT2D eigenvalue weighted by atomic mass is 10.6. The van der Waals surface area contributed by atoms with Crippen LogP contribution in [0.2, 0.25) is 0 Å². The summed E-state index contributed by atoms with van der Waals surface area (Å²) in [5.41, 5.74) is 0. The highest BCUT2D eigenvalue weighted by Gasteiger charge is 1.58. The minimum atomic E-state index is 1.25. The molecule has 0 bridgehead atoms. The van der Waals surface area contributed by atoms with E-state index in [2.05, 4.69) is 13.8 Å². The van der Waals surface area contributed by atoms with Crippen molar-refractivity contribution in [1.82, 2.24) is 0 Å². The monoisotopic (exact) mass is 188 g/mol. The van der Waals surface area contributed by atoms with Gasteiger partial charge in [0.15, 0.2) is 0 Å². The summed E-state index contributed by atoms with van der Waals surface area (Å²) in [6.07, 6.45) is 1.25. The topological polar surface area (TPSA) is 0 Å². The molecule has 1 heterocycles. The Morgan fingerprint density at radius 2 is 1.08 bits per heavy atom. The Morgan fingerprint density at radius 1 is 0.833 bits per heavy atom. The molecule has 0 fully saturated rings. The average molecular weight is 188 g/mol. The van der Waals surface area contributed by atoms with E-state index in [1.807, 2.05) is 50.6 Å². The Morgan fingerprint density at radius 3 is 1.17 bits per heavy atom. The molecule has 0 aliphatic heterocycles. The number of hydrogen-bond acceptors (Lipinski definition) is 1. The molecule has 0 atom stereocenters. The first-order chi connectivity index (χ1) is 5.91. The van der Waals surface area contributed by atoms with Crippen molar-refractivity contribution in [3.8, 4) is 0 Å². The predicted molar refractivity (Wildman–Crippen MR) is 63.0 cm³/mol. The van der Waals surface area contributed by atoms with Crippen LogP contribution in [0.5, 0.6) is 0 Å². The maximum absolute atomic E-state index is 2.12. The van der Waals surface area contributed by atoms with Crippen molar-refractivity contribution in [1.29, 1.82) is 0 Å². The van der Waals surface area contributed by atoms with Crippen molar-refractivity contribution in [2.75, 3.05) is 0 Å². The van der Waals surface area contributed by atoms with E-state index in [9.17, 15) is 0 Å². The Kier molecular flexibility index (Phi) is 45.7. The smallest absolute Gasteiger partial charge is 0.00934 e. The minimum absolute atomic E-state index is 1.25. The summed E-state index contributed by atoms with van der Waals surface area (Å²) in [4.78, 5) is 0. The molecule has 0 N–H and O–H groups in total. The molecule has 1 aromatic rings. The Balaban J connectivity index is -0.000000102. The van der Waals surface area contributed by atoms with Gasteiger partial charge >= 0.3 is 0 Å². The van der Waals surface area contributed by atoms with Gasteiger partial charge in [-0.3, -0.25) is 0 Å². The maximum Gasteiger partial charge on any atom is -0.00934 e. The zero-order valence-corrected chi connectivity index (χ0v) is 10.2. The lowest BCUT2D eigenvalue weighted by molar-refractivity contribution is 1.09. The minimum Gasteiger partial charge on any atom is -0.152 e. The summed E-state index contributed by atoms with van der Waals surface area (Å²) in [7, 11) is 0. The fourth-order valence-corrected chi connectivity index (χ4v) is 0.680. The molecule has 0 saturated carbocycles. The largest absolute Gasteiger partial charge is 0.152 e. The van der Waals surface area contributed by atoms with E-state index >= 15 is 0 Å². The zero-order valence-electron chi connectivity index (χ0n) is 9.42. The van der Waals surface area contributed by atoms with E-state index in [0.717, 1.165) is 0 Å². The number of hydrogen-bond donors (Lipinski definition) is 0. The first kappa shape index (κ1) is 17.7. The third-order valence-corrected chi connectivity index (χ3v) is 1.05. The normalized spacial score (nSPS) is 5.83. The Hall–Kier alpha value is -0.300. The van der Waals surface area contributed by atoms with Gasteiger partial charge in [0, 0.05) is 0 Å². The number of rotatable bonds is 0. The molecule has 0 unspecified atom stereocenters. The Bertz CT molecular complexity index is 71.9. The molecule has 0 radical (unpaired) electrons. The van der Waals surface area contributed by atoms with Crippen LogP contribution in [-0.2, 0) is 0 Å². The SMILES string of the molecule is CC.CC.CCC.c1ccsc1. The van der Waals surface area contributed by atoms with Gasteiger partial charge in [0.2, 0.25) is 0 Å². The standard InChI is InChI=1S/C4H4S.C3H8.2C2H6/c1-2-4-5-3-1;1-3-2;2*1-2/h1-4H;3H2,1-2H3;2*1-2H3. The third kappa shape index (κ3) is 33.2. The van der Waals surface area contributed by atoms with Crippen LogP contribution >= 0.6 is 11.3 Å². The third-order valence-electron chi connectivity index (χ3n) is 0.425. The molecule has 1 rings (SSSR count). The molecule has 0 amide bonds. The lowest BCUT2D eigenvalue weighted by Crippen LogP contribution is -1.27. The highest BCUT2D eigenvalue weighted by molar-refractivity contribution is 7.07. The molecular formula is C11H24S. The van der Waals surface area contributed by atoms with Gasteiger partial charge in [0.1, 0.15) is 0 Å². The van der Waals surface area contributed by atoms with E-state index in [1.54, 1.807) is 11.3 Å². The van der Waals surface area contributed by atoms with Crippen molar-refractivity contribution in [3.05, 3.63) is 22.9 Å². The van der Waals surface area contributed by atoms with Crippen LogP contribution in [0.15, 0.2) is 22.9 Å². The van der Waals surface area contributed by atoms with E-state index in [-0.39, 0.29) is 0 Å². The molecular weight excluding hydrogens is 164 g/mol. The Labute approximate surface area is 82.6 Å². The summed E-state index contributed by atoms with van der Waals surface area (Å²) in [6, 6.07) is 4.04. The fraction of sp³-hybridized carbons (Fsp3) is 0.636. The summed E-state index contributed by atoms with van der Waals surface area (Å²) >= 11 is 1.71. The molecule has 74 valence electrons. The van der Waals surface area contributed by atoms with Gasteiger partial charge in [-0.2, -0.15) is 11.3 Å². The molecule has 0 aliphatic rings. The fourth-order valence-electron chi connectivity index (χ4n) is 0.227. The number of thiophene rings is 1. The van der Waals surface area contributed by atoms with Crippen LogP contribution < -0.4 is 0 Å². The van der Waals surface area contributed by atoms with Crippen molar-refractivity contribution in [2.45, 2.75) is 48.0 Å². The molecule has 0 nitrogen and oxygen atoms in total. The maximum atomic E-state index is 2.12. The quantitative estimate of drug-likeness (QED) is 0.524. The average Bonchev–Trinajstić information content (AvgIpc) is 2.69. The first-order valence-electron chi connectivity index (χ1n) is 4.89. The predicted octanol–water partition coefficient (Wildman–Crippen LogP) is 5.22. The van der Waals surface area contributed by atoms with E-state index < -0.39 is 0 Å². The first-order valence-corrected chi connectivity index (χ1v) is 5.83. The van der Waals surface area contributed by atoms with Gasteiger partial charge in [-0.05, 0) is 10.8 Å². The summed E-state index contributed by atoms with van der Waals surface area (Å²) < 4.78 is 0. The van der Waals surface area contributed by atoms with Crippen LogP contribution in [0.4, 0.5) is 0 Å². The van der Waals surface area contributed by atoms with Gasteiger partial charge < -0.3 is 0 Å². The van der Waals surface area contributed by atoms with Crippen LogP contribution in [-0.4, -0.2) is 0 Å². The van der Waals surface area contributed by atoms with Gasteiger partial charge in [0.25, 0.3) is 0 Å².